The summed E-state index contributed by atoms with van der Waals surface area (Å²) in [6.07, 6.45) is 2.14. The summed E-state index contributed by atoms with van der Waals surface area (Å²) in [6.45, 7) is 0.940. The minimum Gasteiger partial charge on any atom is -0.489 e. The second kappa shape index (κ2) is 12.1. The third-order valence-corrected chi connectivity index (χ3v) is 7.23. The van der Waals surface area contributed by atoms with Gasteiger partial charge in [-0.1, -0.05) is 60.7 Å². The zero-order valence-electron chi connectivity index (χ0n) is 21.7. The van der Waals surface area contributed by atoms with Crippen LogP contribution >= 0.6 is 0 Å². The molecule has 8 heteroatoms. The maximum Gasteiger partial charge on any atom is 0.326 e. The first kappa shape index (κ1) is 26.5. The van der Waals surface area contributed by atoms with Crippen LogP contribution in [0.15, 0.2) is 78.9 Å². The fraction of sp³-hybridized carbons (Fsp3) is 0.290. The number of hydrogen-bond donors (Lipinski definition) is 5. The molecule has 0 radical (unpaired) electrons. The highest BCUT2D eigenvalue weighted by molar-refractivity contribution is 5.90. The third-order valence-electron chi connectivity index (χ3n) is 7.23. The number of fused-ring (bicyclic) bond motifs is 3. The third kappa shape index (κ3) is 6.13. The van der Waals surface area contributed by atoms with Gasteiger partial charge < -0.3 is 25.9 Å². The lowest BCUT2D eigenvalue weighted by atomic mass is 9.89. The molecule has 4 aromatic rings. The van der Waals surface area contributed by atoms with Crippen LogP contribution in [0.1, 0.15) is 47.7 Å². The Kier molecular flexibility index (Phi) is 8.24. The highest BCUT2D eigenvalue weighted by Gasteiger charge is 2.35. The van der Waals surface area contributed by atoms with Crippen molar-refractivity contribution in [3.05, 3.63) is 101 Å². The van der Waals surface area contributed by atoms with Gasteiger partial charge in [-0.25, -0.2) is 4.79 Å². The number of H-pyrrole nitrogens is 1. The number of amides is 1. The van der Waals surface area contributed by atoms with Gasteiger partial charge >= 0.3 is 5.97 Å². The minimum absolute atomic E-state index is 0.308. The molecule has 202 valence electrons. The van der Waals surface area contributed by atoms with E-state index in [0.717, 1.165) is 39.0 Å². The van der Waals surface area contributed by atoms with Gasteiger partial charge in [0.1, 0.15) is 18.4 Å². The number of para-hydroxylation sites is 1. The van der Waals surface area contributed by atoms with Gasteiger partial charge in [0.25, 0.3) is 0 Å². The number of aromatic amines is 1. The molecule has 1 amide bonds. The van der Waals surface area contributed by atoms with E-state index in [1.165, 1.54) is 0 Å². The van der Waals surface area contributed by atoms with E-state index in [-0.39, 0.29) is 11.9 Å². The van der Waals surface area contributed by atoms with Crippen molar-refractivity contribution in [1.82, 2.24) is 15.6 Å². The number of aliphatic carboxylic acids is 1. The van der Waals surface area contributed by atoms with Crippen LogP contribution in [0.4, 0.5) is 0 Å². The van der Waals surface area contributed by atoms with Crippen molar-refractivity contribution < 1.29 is 19.4 Å². The van der Waals surface area contributed by atoms with Gasteiger partial charge in [-0.15, -0.1) is 0 Å². The van der Waals surface area contributed by atoms with E-state index in [1.807, 2.05) is 78.9 Å². The van der Waals surface area contributed by atoms with Crippen LogP contribution in [0.2, 0.25) is 0 Å². The molecule has 2 heterocycles. The van der Waals surface area contributed by atoms with Gasteiger partial charge in [-0.05, 0) is 67.1 Å². The van der Waals surface area contributed by atoms with Crippen molar-refractivity contribution in [3.63, 3.8) is 0 Å². The number of carboxylic acids is 1. The molecule has 0 aliphatic carbocycles. The second-order valence-electron chi connectivity index (χ2n) is 9.95. The van der Waals surface area contributed by atoms with Crippen LogP contribution in [0, 0.1) is 0 Å². The van der Waals surface area contributed by atoms with Crippen LogP contribution < -0.4 is 21.1 Å². The number of aromatic nitrogens is 1. The zero-order valence-corrected chi connectivity index (χ0v) is 21.7. The maximum absolute atomic E-state index is 13.4. The molecule has 3 atom stereocenters. The van der Waals surface area contributed by atoms with E-state index in [9.17, 15) is 14.7 Å². The normalized spacial score (nSPS) is 17.4. The summed E-state index contributed by atoms with van der Waals surface area (Å²) < 4.78 is 6.08. The Balaban J connectivity index is 1.41. The highest BCUT2D eigenvalue weighted by Crippen LogP contribution is 2.36. The fourth-order valence-corrected chi connectivity index (χ4v) is 5.21. The van der Waals surface area contributed by atoms with Crippen molar-refractivity contribution in [3.8, 4) is 5.75 Å². The van der Waals surface area contributed by atoms with Crippen LogP contribution in [-0.4, -0.2) is 40.6 Å². The first-order valence-corrected chi connectivity index (χ1v) is 13.4. The molecule has 0 bridgehead atoms. The molecule has 6 N–H and O–H groups in total. The number of benzene rings is 3. The first-order chi connectivity index (χ1) is 19.0. The van der Waals surface area contributed by atoms with E-state index in [2.05, 4.69) is 15.6 Å². The van der Waals surface area contributed by atoms with Gasteiger partial charge in [-0.2, -0.15) is 0 Å². The molecule has 39 heavy (non-hydrogen) atoms. The lowest BCUT2D eigenvalue weighted by Gasteiger charge is -2.32. The molecule has 3 unspecified atom stereocenters. The maximum atomic E-state index is 13.4. The number of carbonyl (C=O) groups excluding carboxylic acids is 1. The standard InChI is InChI=1S/C31H34N4O4/c32-16-7-6-15-26(31(37)38)35-30(36)27-18-24-23-13-4-5-14-25(23)33-29(24)28(34-27)21-11-8-12-22(17-21)39-19-20-9-2-1-3-10-20/h1-5,8-14,17,26-28,33-34H,6-7,15-16,18-19,32H2,(H,35,36)(H,37,38). The van der Waals surface area contributed by atoms with Crippen molar-refractivity contribution in [2.75, 3.05) is 6.54 Å². The van der Waals surface area contributed by atoms with Crippen molar-refractivity contribution in [1.29, 1.82) is 0 Å². The smallest absolute Gasteiger partial charge is 0.326 e. The summed E-state index contributed by atoms with van der Waals surface area (Å²) in [6, 6.07) is 24.0. The Bertz CT molecular complexity index is 1440. The summed E-state index contributed by atoms with van der Waals surface area (Å²) in [5, 5.41) is 17.0. The zero-order chi connectivity index (χ0) is 27.2. The molecule has 3 aromatic carbocycles. The van der Waals surface area contributed by atoms with Gasteiger partial charge in [0, 0.05) is 16.6 Å². The summed E-state index contributed by atoms with van der Waals surface area (Å²) in [5.74, 6) is -0.635. The minimum atomic E-state index is -1.04. The van der Waals surface area contributed by atoms with Gasteiger partial charge in [0.05, 0.1) is 12.1 Å². The number of unbranched alkanes of at least 4 members (excludes halogenated alkanes) is 1. The predicted octanol–water partition coefficient (Wildman–Crippen LogP) is 4.05. The SMILES string of the molecule is NCCCCC(NC(=O)C1Cc2c([nH]c3ccccc23)C(c2cccc(OCc3ccccc3)c2)N1)C(=O)O. The number of hydrogen-bond acceptors (Lipinski definition) is 5. The Labute approximate surface area is 227 Å². The van der Waals surface area contributed by atoms with Crippen LogP contribution in [0.25, 0.3) is 10.9 Å². The monoisotopic (exact) mass is 526 g/mol. The van der Waals surface area contributed by atoms with Crippen LogP contribution in [-0.2, 0) is 22.6 Å². The van der Waals surface area contributed by atoms with Crippen molar-refractivity contribution in [2.45, 2.75) is 50.4 Å². The van der Waals surface area contributed by atoms with Crippen LogP contribution in [0.5, 0.6) is 5.75 Å². The Morgan fingerprint density at radius 3 is 2.62 bits per heavy atom. The molecule has 8 nitrogen and oxygen atoms in total. The van der Waals surface area contributed by atoms with Crippen LogP contribution in [0.3, 0.4) is 0 Å². The molecular weight excluding hydrogens is 492 g/mol. The van der Waals surface area contributed by atoms with Crippen molar-refractivity contribution >= 4 is 22.8 Å². The van der Waals surface area contributed by atoms with Crippen molar-refractivity contribution in [2.24, 2.45) is 5.73 Å². The Morgan fingerprint density at radius 2 is 1.82 bits per heavy atom. The molecule has 0 saturated heterocycles. The van der Waals surface area contributed by atoms with E-state index < -0.39 is 18.1 Å². The lowest BCUT2D eigenvalue weighted by molar-refractivity contribution is -0.142. The summed E-state index contributed by atoms with van der Waals surface area (Å²) in [5.41, 5.74) is 10.6. The molecule has 1 aromatic heterocycles. The molecule has 0 fully saturated rings. The molecule has 5 rings (SSSR count). The molecular formula is C31H34N4O4. The fourth-order valence-electron chi connectivity index (χ4n) is 5.21. The van der Waals surface area contributed by atoms with E-state index in [4.69, 9.17) is 10.5 Å². The number of carbonyl (C=O) groups is 2. The average molecular weight is 527 g/mol. The first-order valence-electron chi connectivity index (χ1n) is 13.4. The lowest BCUT2D eigenvalue weighted by Crippen LogP contribution is -2.53. The summed E-state index contributed by atoms with van der Waals surface area (Å²) in [4.78, 5) is 28.8. The Hall–Kier alpha value is -4.14. The number of nitrogens with two attached hydrogens (primary N) is 1. The quantitative estimate of drug-likeness (QED) is 0.188. The van der Waals surface area contributed by atoms with Gasteiger partial charge in [0.15, 0.2) is 0 Å². The van der Waals surface area contributed by atoms with E-state index in [0.29, 0.717) is 38.8 Å². The topological polar surface area (TPSA) is 129 Å². The molecule has 1 aliphatic rings. The van der Waals surface area contributed by atoms with E-state index in [1.54, 1.807) is 0 Å². The average Bonchev–Trinajstić information content (AvgIpc) is 3.34. The Morgan fingerprint density at radius 1 is 1.03 bits per heavy atom. The molecule has 0 spiro atoms. The van der Waals surface area contributed by atoms with Gasteiger partial charge in [0.2, 0.25) is 5.91 Å². The largest absolute Gasteiger partial charge is 0.489 e. The molecule has 0 saturated carbocycles. The van der Waals surface area contributed by atoms with E-state index >= 15 is 0 Å². The highest BCUT2D eigenvalue weighted by atomic mass is 16.5. The second-order valence-corrected chi connectivity index (χ2v) is 9.95. The number of nitrogens with one attached hydrogen (secondary N) is 3. The number of carboxylic acid groups (broad SMARTS) is 1. The summed E-state index contributed by atoms with van der Waals surface area (Å²) in [7, 11) is 0. The summed E-state index contributed by atoms with van der Waals surface area (Å²) >= 11 is 0. The number of ether oxygens (including phenoxy) is 1. The molecule has 1 aliphatic heterocycles. The van der Waals surface area contributed by atoms with Gasteiger partial charge in [-0.3, -0.25) is 10.1 Å². The predicted molar refractivity (Wildman–Crippen MR) is 150 cm³/mol. The number of rotatable bonds is 11.